The van der Waals surface area contributed by atoms with Crippen molar-refractivity contribution in [1.82, 2.24) is 0 Å². The van der Waals surface area contributed by atoms with Gasteiger partial charge in [0.05, 0.1) is 6.61 Å². The van der Waals surface area contributed by atoms with Crippen LogP contribution in [0.4, 0.5) is 0 Å². The highest BCUT2D eigenvalue weighted by Crippen LogP contribution is 2.38. The first-order valence-electron chi connectivity index (χ1n) is 11.8. The molecule has 0 aliphatic carbocycles. The Hall–Kier alpha value is -2.04. The first-order valence-corrected chi connectivity index (χ1v) is 11.8. The van der Waals surface area contributed by atoms with Gasteiger partial charge in [0.25, 0.3) is 0 Å². The van der Waals surface area contributed by atoms with E-state index in [1.54, 1.807) is 18.2 Å². The number of rotatable bonds is 17. The van der Waals surface area contributed by atoms with E-state index in [1.807, 2.05) is 0 Å². The third-order valence-electron chi connectivity index (χ3n) is 4.86. The summed E-state index contributed by atoms with van der Waals surface area (Å²) in [4.78, 5) is 24.6. The monoisotopic (exact) mass is 420 g/mol. The van der Waals surface area contributed by atoms with Crippen molar-refractivity contribution in [2.75, 3.05) is 6.61 Å². The Kier molecular flexibility index (Phi) is 14.5. The molecule has 0 spiro atoms. The van der Waals surface area contributed by atoms with Gasteiger partial charge in [-0.05, 0) is 31.4 Å². The van der Waals surface area contributed by atoms with Crippen LogP contribution in [0.5, 0.6) is 17.2 Å². The summed E-state index contributed by atoms with van der Waals surface area (Å²) in [5.41, 5.74) is 0. The third-order valence-corrected chi connectivity index (χ3v) is 4.86. The van der Waals surface area contributed by atoms with Gasteiger partial charge in [0.2, 0.25) is 5.75 Å². The molecule has 0 radical (unpaired) electrons. The van der Waals surface area contributed by atoms with E-state index in [0.717, 1.165) is 70.6 Å². The summed E-state index contributed by atoms with van der Waals surface area (Å²) in [6, 6.07) is 5.17. The van der Waals surface area contributed by atoms with Crippen molar-refractivity contribution in [2.45, 2.75) is 104 Å². The molecular weight excluding hydrogens is 380 g/mol. The molecule has 0 fully saturated rings. The van der Waals surface area contributed by atoms with E-state index in [2.05, 4.69) is 20.8 Å². The summed E-state index contributed by atoms with van der Waals surface area (Å²) in [5.74, 6) is 0.288. The Morgan fingerprint density at radius 3 is 1.80 bits per heavy atom. The number of carbonyl (C=O) groups is 2. The lowest BCUT2D eigenvalue weighted by atomic mass is 10.1. The SMILES string of the molecule is CCCCCCC(=O)Oc1cccc(OCCCCC)c1OC(=O)CCCCCC. The summed E-state index contributed by atoms with van der Waals surface area (Å²) >= 11 is 0. The average molecular weight is 421 g/mol. The lowest BCUT2D eigenvalue weighted by molar-refractivity contribution is -0.137. The molecule has 1 rings (SSSR count). The zero-order valence-electron chi connectivity index (χ0n) is 19.2. The molecule has 0 saturated heterocycles. The minimum Gasteiger partial charge on any atom is -0.490 e. The minimum absolute atomic E-state index is 0.219. The van der Waals surface area contributed by atoms with Gasteiger partial charge in [-0.2, -0.15) is 0 Å². The Bertz CT molecular complexity index is 612. The van der Waals surface area contributed by atoms with Gasteiger partial charge in [-0.1, -0.05) is 78.2 Å². The normalized spacial score (nSPS) is 10.6. The average Bonchev–Trinajstić information content (AvgIpc) is 2.74. The van der Waals surface area contributed by atoms with E-state index in [4.69, 9.17) is 14.2 Å². The zero-order valence-corrected chi connectivity index (χ0v) is 19.2. The number of esters is 2. The second kappa shape index (κ2) is 16.7. The summed E-state index contributed by atoms with van der Waals surface area (Å²) in [5, 5.41) is 0. The van der Waals surface area contributed by atoms with Gasteiger partial charge >= 0.3 is 11.9 Å². The number of unbranched alkanes of at least 4 members (excludes halogenated alkanes) is 8. The summed E-state index contributed by atoms with van der Waals surface area (Å²) in [7, 11) is 0. The highest BCUT2D eigenvalue weighted by atomic mass is 16.6. The summed E-state index contributed by atoms with van der Waals surface area (Å²) in [6.45, 7) is 6.93. The fourth-order valence-electron chi connectivity index (χ4n) is 3.06. The highest BCUT2D eigenvalue weighted by molar-refractivity contribution is 5.77. The molecule has 170 valence electrons. The lowest BCUT2D eigenvalue weighted by Gasteiger charge is -2.15. The van der Waals surface area contributed by atoms with Crippen molar-refractivity contribution >= 4 is 11.9 Å². The van der Waals surface area contributed by atoms with Gasteiger partial charge in [0, 0.05) is 12.8 Å². The van der Waals surface area contributed by atoms with Crippen molar-refractivity contribution in [2.24, 2.45) is 0 Å². The Labute approximate surface area is 182 Å². The molecule has 0 amide bonds. The van der Waals surface area contributed by atoms with E-state index in [0.29, 0.717) is 25.2 Å². The van der Waals surface area contributed by atoms with Crippen LogP contribution < -0.4 is 14.2 Å². The number of benzene rings is 1. The number of hydrogen-bond donors (Lipinski definition) is 0. The first-order chi connectivity index (χ1) is 14.6. The number of ether oxygens (including phenoxy) is 3. The molecular formula is C25H40O5. The molecule has 0 atom stereocenters. The third kappa shape index (κ3) is 11.2. The summed E-state index contributed by atoms with van der Waals surface area (Å²) in [6.07, 6.45) is 11.8. The molecule has 5 heteroatoms. The largest absolute Gasteiger partial charge is 0.490 e. The van der Waals surface area contributed by atoms with Crippen LogP contribution in [0.25, 0.3) is 0 Å². The standard InChI is InChI=1S/C25H40O5/c1-4-7-10-12-18-23(26)29-22-17-15-16-21(28-20-14-9-6-3)25(22)30-24(27)19-13-11-8-5-2/h15-17H,4-14,18-20H2,1-3H3. The maximum Gasteiger partial charge on any atom is 0.311 e. The smallest absolute Gasteiger partial charge is 0.311 e. The predicted molar refractivity (Wildman–Crippen MR) is 120 cm³/mol. The van der Waals surface area contributed by atoms with E-state index >= 15 is 0 Å². The minimum atomic E-state index is -0.323. The summed E-state index contributed by atoms with van der Waals surface area (Å²) < 4.78 is 17.0. The van der Waals surface area contributed by atoms with Gasteiger partial charge in [0.15, 0.2) is 11.5 Å². The van der Waals surface area contributed by atoms with Crippen molar-refractivity contribution in [3.05, 3.63) is 18.2 Å². The molecule has 5 nitrogen and oxygen atoms in total. The van der Waals surface area contributed by atoms with Crippen LogP contribution in [0.15, 0.2) is 18.2 Å². The van der Waals surface area contributed by atoms with Gasteiger partial charge < -0.3 is 14.2 Å². The maximum atomic E-state index is 12.4. The van der Waals surface area contributed by atoms with Crippen LogP contribution in [-0.2, 0) is 9.59 Å². The van der Waals surface area contributed by atoms with E-state index in [-0.39, 0.29) is 23.4 Å². The van der Waals surface area contributed by atoms with Gasteiger partial charge in [-0.3, -0.25) is 9.59 Å². The predicted octanol–water partition coefficient (Wildman–Crippen LogP) is 7.01. The Morgan fingerprint density at radius 2 is 1.20 bits per heavy atom. The van der Waals surface area contributed by atoms with Crippen molar-refractivity contribution in [1.29, 1.82) is 0 Å². The number of carbonyl (C=O) groups excluding carboxylic acids is 2. The van der Waals surface area contributed by atoms with Crippen LogP contribution >= 0.6 is 0 Å². The van der Waals surface area contributed by atoms with Gasteiger partial charge in [-0.15, -0.1) is 0 Å². The quantitative estimate of drug-likeness (QED) is 0.154. The van der Waals surface area contributed by atoms with Crippen molar-refractivity contribution in [3.8, 4) is 17.2 Å². The zero-order chi connectivity index (χ0) is 22.0. The number of hydrogen-bond acceptors (Lipinski definition) is 5. The Morgan fingerprint density at radius 1 is 0.667 bits per heavy atom. The molecule has 30 heavy (non-hydrogen) atoms. The van der Waals surface area contributed by atoms with Crippen LogP contribution in [0, 0.1) is 0 Å². The highest BCUT2D eigenvalue weighted by Gasteiger charge is 2.19. The fourth-order valence-corrected chi connectivity index (χ4v) is 3.06. The fraction of sp³-hybridized carbons (Fsp3) is 0.680. The van der Waals surface area contributed by atoms with Crippen LogP contribution in [0.2, 0.25) is 0 Å². The van der Waals surface area contributed by atoms with Crippen molar-refractivity contribution in [3.63, 3.8) is 0 Å². The van der Waals surface area contributed by atoms with E-state index in [1.165, 1.54) is 0 Å². The molecule has 0 unspecified atom stereocenters. The molecule has 0 saturated carbocycles. The van der Waals surface area contributed by atoms with Crippen molar-refractivity contribution < 1.29 is 23.8 Å². The van der Waals surface area contributed by atoms with E-state index < -0.39 is 0 Å². The molecule has 0 aliphatic rings. The van der Waals surface area contributed by atoms with Crippen LogP contribution in [-0.4, -0.2) is 18.5 Å². The number of para-hydroxylation sites is 1. The molecule has 1 aromatic rings. The van der Waals surface area contributed by atoms with Gasteiger partial charge in [-0.25, -0.2) is 0 Å². The van der Waals surface area contributed by atoms with Crippen LogP contribution in [0.1, 0.15) is 104 Å². The molecule has 0 N–H and O–H groups in total. The maximum absolute atomic E-state index is 12.4. The molecule has 1 aromatic carbocycles. The molecule has 0 aliphatic heterocycles. The lowest BCUT2D eigenvalue weighted by Crippen LogP contribution is -2.13. The second-order valence-corrected chi connectivity index (χ2v) is 7.71. The molecule has 0 bridgehead atoms. The molecule has 0 heterocycles. The van der Waals surface area contributed by atoms with E-state index in [9.17, 15) is 9.59 Å². The van der Waals surface area contributed by atoms with Gasteiger partial charge in [0.1, 0.15) is 0 Å². The van der Waals surface area contributed by atoms with Crippen LogP contribution in [0.3, 0.4) is 0 Å². The topological polar surface area (TPSA) is 61.8 Å². The second-order valence-electron chi connectivity index (χ2n) is 7.71. The molecule has 0 aromatic heterocycles. The Balaban J connectivity index is 2.80. The first kappa shape index (κ1) is 26.0.